The van der Waals surface area contributed by atoms with Gasteiger partial charge in [0, 0.05) is 27.7 Å². The predicted octanol–water partition coefficient (Wildman–Crippen LogP) is 6.02. The molecule has 0 unspecified atom stereocenters. The first kappa shape index (κ1) is 21.0. The van der Waals surface area contributed by atoms with E-state index >= 15 is 0 Å². The van der Waals surface area contributed by atoms with Gasteiger partial charge in [-0.3, -0.25) is 4.98 Å². The maximum absolute atomic E-state index is 5.79. The van der Waals surface area contributed by atoms with Crippen LogP contribution in [0.2, 0.25) is 0 Å². The van der Waals surface area contributed by atoms with Gasteiger partial charge in [-0.05, 0) is 80.2 Å². The summed E-state index contributed by atoms with van der Waals surface area (Å²) in [6.45, 7) is 4.91. The molecular formula is C25H23BrN4OS. The number of nitrogens with zero attached hydrogens (tertiary/aromatic N) is 3. The van der Waals surface area contributed by atoms with E-state index in [1.165, 1.54) is 17.0 Å². The molecule has 4 aromatic rings. The predicted molar refractivity (Wildman–Crippen MR) is 133 cm³/mol. The molecular weight excluding hydrogens is 484 g/mol. The second kappa shape index (κ2) is 8.56. The van der Waals surface area contributed by atoms with Gasteiger partial charge in [-0.1, -0.05) is 28.1 Å². The zero-order valence-electron chi connectivity index (χ0n) is 17.8. The molecule has 1 saturated heterocycles. The first-order valence-electron chi connectivity index (χ1n) is 10.5. The molecule has 32 heavy (non-hydrogen) atoms. The first-order chi connectivity index (χ1) is 15.5. The molecule has 0 saturated carbocycles. The van der Waals surface area contributed by atoms with Crippen LogP contribution >= 0.6 is 28.1 Å². The largest absolute Gasteiger partial charge is 0.467 e. The summed E-state index contributed by atoms with van der Waals surface area (Å²) in [6.07, 6.45) is 3.53. The number of hydrogen-bond donors (Lipinski definition) is 1. The van der Waals surface area contributed by atoms with Gasteiger partial charge < -0.3 is 19.2 Å². The molecule has 7 heteroatoms. The van der Waals surface area contributed by atoms with Crippen molar-refractivity contribution in [3.63, 3.8) is 0 Å². The number of pyridine rings is 1. The van der Waals surface area contributed by atoms with Gasteiger partial charge in [-0.15, -0.1) is 0 Å². The summed E-state index contributed by atoms with van der Waals surface area (Å²) in [5.74, 6) is 0.876. The normalized spacial score (nSPS) is 18.2. The van der Waals surface area contributed by atoms with Crippen molar-refractivity contribution in [2.75, 3.05) is 0 Å². The van der Waals surface area contributed by atoms with Crippen LogP contribution in [0.5, 0.6) is 0 Å². The fraction of sp³-hybridized carbons (Fsp3) is 0.200. The number of furan rings is 1. The van der Waals surface area contributed by atoms with Gasteiger partial charge in [-0.2, -0.15) is 0 Å². The maximum Gasteiger partial charge on any atom is 0.170 e. The van der Waals surface area contributed by atoms with E-state index in [-0.39, 0.29) is 12.1 Å². The second-order valence-corrected chi connectivity index (χ2v) is 9.28. The van der Waals surface area contributed by atoms with Crippen molar-refractivity contribution < 1.29 is 4.42 Å². The van der Waals surface area contributed by atoms with Gasteiger partial charge in [-0.25, -0.2) is 0 Å². The summed E-state index contributed by atoms with van der Waals surface area (Å²) in [7, 11) is 0. The molecule has 0 amide bonds. The Labute approximate surface area is 201 Å². The molecule has 5 rings (SSSR count). The lowest BCUT2D eigenvalue weighted by atomic mass is 9.96. The lowest BCUT2D eigenvalue weighted by Crippen LogP contribution is -2.29. The molecule has 1 aromatic carbocycles. The Hall–Kier alpha value is -2.90. The molecule has 4 heterocycles. The summed E-state index contributed by atoms with van der Waals surface area (Å²) >= 11 is 9.40. The second-order valence-electron chi connectivity index (χ2n) is 7.98. The number of halogens is 1. The highest BCUT2D eigenvalue weighted by Gasteiger charge is 2.41. The van der Waals surface area contributed by atoms with E-state index in [2.05, 4.69) is 79.9 Å². The van der Waals surface area contributed by atoms with E-state index in [0.29, 0.717) is 11.7 Å². The van der Waals surface area contributed by atoms with Crippen LogP contribution < -0.4 is 5.32 Å². The van der Waals surface area contributed by atoms with Crippen molar-refractivity contribution in [3.8, 4) is 5.69 Å². The summed E-state index contributed by atoms with van der Waals surface area (Å²) < 4.78 is 9.00. The minimum atomic E-state index is -0.0601. The molecule has 0 bridgehead atoms. The van der Waals surface area contributed by atoms with E-state index in [1.54, 1.807) is 6.26 Å². The highest BCUT2D eigenvalue weighted by atomic mass is 79.9. The third kappa shape index (κ3) is 3.76. The Morgan fingerprint density at radius 3 is 2.69 bits per heavy atom. The van der Waals surface area contributed by atoms with E-state index in [1.807, 2.05) is 36.5 Å². The van der Waals surface area contributed by atoms with Crippen LogP contribution in [0.1, 0.15) is 40.5 Å². The van der Waals surface area contributed by atoms with Crippen LogP contribution in [0.3, 0.4) is 0 Å². The first-order valence-corrected chi connectivity index (χ1v) is 11.7. The smallest absolute Gasteiger partial charge is 0.170 e. The third-order valence-corrected chi connectivity index (χ3v) is 6.80. The summed E-state index contributed by atoms with van der Waals surface area (Å²) in [6, 6.07) is 20.5. The molecule has 5 nitrogen and oxygen atoms in total. The molecule has 0 aliphatic carbocycles. The fourth-order valence-electron chi connectivity index (χ4n) is 4.58. The van der Waals surface area contributed by atoms with Crippen molar-refractivity contribution >= 4 is 33.3 Å². The Bertz CT molecular complexity index is 1250. The van der Waals surface area contributed by atoms with Crippen molar-refractivity contribution in [1.29, 1.82) is 0 Å². The summed E-state index contributed by atoms with van der Waals surface area (Å²) in [4.78, 5) is 6.85. The summed E-state index contributed by atoms with van der Waals surface area (Å²) in [5.41, 5.74) is 5.67. The number of rotatable bonds is 5. The van der Waals surface area contributed by atoms with Crippen LogP contribution in [0.4, 0.5) is 0 Å². The van der Waals surface area contributed by atoms with Crippen molar-refractivity contribution in [1.82, 2.24) is 19.8 Å². The molecule has 1 N–H and O–H groups in total. The molecule has 0 spiro atoms. The van der Waals surface area contributed by atoms with Gasteiger partial charge >= 0.3 is 0 Å². The van der Waals surface area contributed by atoms with E-state index in [4.69, 9.17) is 16.6 Å². The molecule has 1 aliphatic rings. The van der Waals surface area contributed by atoms with E-state index in [9.17, 15) is 0 Å². The monoisotopic (exact) mass is 506 g/mol. The number of aromatic nitrogens is 2. The quantitative estimate of drug-likeness (QED) is 0.335. The van der Waals surface area contributed by atoms with Crippen LogP contribution in [0.15, 0.2) is 82.0 Å². The molecule has 1 fully saturated rings. The van der Waals surface area contributed by atoms with Gasteiger partial charge in [0.05, 0.1) is 30.6 Å². The minimum absolute atomic E-state index is 0.0189. The average molecular weight is 507 g/mol. The molecule has 162 valence electrons. The third-order valence-electron chi connectivity index (χ3n) is 5.96. The standard InChI is InChI=1S/C25H23BrN4OS/c1-16-13-21(17(2)30(16)19-8-5-7-18(26)14-19)24-23(22-10-3-4-11-27-22)28-25(32)29(24)15-20-9-6-12-31-20/h3-14,23-24H,15H2,1-2H3,(H,28,32)/t23-,24+/m1/s1. The van der Waals surface area contributed by atoms with Gasteiger partial charge in [0.25, 0.3) is 0 Å². The lowest BCUT2D eigenvalue weighted by molar-refractivity contribution is 0.286. The zero-order valence-corrected chi connectivity index (χ0v) is 20.2. The van der Waals surface area contributed by atoms with Gasteiger partial charge in [0.15, 0.2) is 5.11 Å². The van der Waals surface area contributed by atoms with Crippen LogP contribution in [-0.2, 0) is 6.54 Å². The van der Waals surface area contributed by atoms with Crippen molar-refractivity contribution in [2.45, 2.75) is 32.5 Å². The minimum Gasteiger partial charge on any atom is -0.467 e. The van der Waals surface area contributed by atoms with Crippen LogP contribution in [0.25, 0.3) is 5.69 Å². The average Bonchev–Trinajstić information content (AvgIpc) is 3.48. The summed E-state index contributed by atoms with van der Waals surface area (Å²) in [5, 5.41) is 4.23. The Balaban J connectivity index is 1.63. The van der Waals surface area contributed by atoms with Crippen LogP contribution in [-0.4, -0.2) is 19.6 Å². The highest BCUT2D eigenvalue weighted by molar-refractivity contribution is 9.10. The Morgan fingerprint density at radius 1 is 1.09 bits per heavy atom. The Kier molecular flexibility index (Phi) is 5.61. The number of hydrogen-bond acceptors (Lipinski definition) is 3. The van der Waals surface area contributed by atoms with Gasteiger partial charge in [0.1, 0.15) is 5.76 Å². The number of nitrogens with one attached hydrogen (secondary N) is 1. The molecule has 0 radical (unpaired) electrons. The van der Waals surface area contributed by atoms with Gasteiger partial charge in [0.2, 0.25) is 0 Å². The van der Waals surface area contributed by atoms with Crippen molar-refractivity contribution in [2.24, 2.45) is 0 Å². The SMILES string of the molecule is Cc1cc([C@H]2[C@@H](c3ccccn3)NC(=S)N2Cc2ccco2)c(C)n1-c1cccc(Br)c1. The topological polar surface area (TPSA) is 46.2 Å². The van der Waals surface area contributed by atoms with Crippen LogP contribution in [0, 0.1) is 13.8 Å². The highest BCUT2D eigenvalue weighted by Crippen LogP contribution is 2.42. The van der Waals surface area contributed by atoms with E-state index < -0.39 is 0 Å². The van der Waals surface area contributed by atoms with Crippen molar-refractivity contribution in [3.05, 3.63) is 106 Å². The number of thiocarbonyl (C=S) groups is 1. The molecule has 1 aliphatic heterocycles. The number of aryl methyl sites for hydroxylation is 1. The molecule has 3 aromatic heterocycles. The van der Waals surface area contributed by atoms with E-state index in [0.717, 1.165) is 21.6 Å². The fourth-order valence-corrected chi connectivity index (χ4v) is 5.28. The lowest BCUT2D eigenvalue weighted by Gasteiger charge is -2.27. The number of benzene rings is 1. The Morgan fingerprint density at radius 2 is 1.97 bits per heavy atom. The maximum atomic E-state index is 5.79. The molecule has 2 atom stereocenters. The zero-order chi connectivity index (χ0) is 22.2.